The third kappa shape index (κ3) is 7.91. The van der Waals surface area contributed by atoms with Crippen molar-refractivity contribution in [2.45, 2.75) is 12.8 Å². The first kappa shape index (κ1) is 19.9. The van der Waals surface area contributed by atoms with Crippen molar-refractivity contribution >= 4 is 33.8 Å². The molecular formula is C15H17BrFNO6. The molecule has 1 amide bonds. The predicted molar refractivity (Wildman–Crippen MR) is 84.8 cm³/mol. The van der Waals surface area contributed by atoms with E-state index in [1.165, 1.54) is 25.3 Å². The molecule has 0 saturated carbocycles. The number of amides is 1. The van der Waals surface area contributed by atoms with E-state index >= 15 is 0 Å². The molecule has 0 saturated heterocycles. The van der Waals surface area contributed by atoms with Gasteiger partial charge in [-0.2, -0.15) is 0 Å². The second-order valence-corrected chi connectivity index (χ2v) is 5.41. The second-order valence-electron chi connectivity index (χ2n) is 4.55. The van der Waals surface area contributed by atoms with Crippen LogP contribution in [0.5, 0.6) is 5.75 Å². The molecule has 0 bridgehead atoms. The van der Waals surface area contributed by atoms with Gasteiger partial charge in [0.05, 0.1) is 11.6 Å². The van der Waals surface area contributed by atoms with Crippen LogP contribution in [-0.4, -0.2) is 44.7 Å². The van der Waals surface area contributed by atoms with Crippen LogP contribution in [0.2, 0.25) is 0 Å². The van der Waals surface area contributed by atoms with E-state index in [1.807, 2.05) is 0 Å². The minimum absolute atomic E-state index is 0.191. The number of carbonyl (C=O) groups excluding carboxylic acids is 3. The predicted octanol–water partition coefficient (Wildman–Crippen LogP) is 1.58. The molecule has 0 radical (unpaired) electrons. The van der Waals surface area contributed by atoms with E-state index in [1.54, 1.807) is 0 Å². The Kier molecular flexibility index (Phi) is 8.77. The molecule has 7 nitrogen and oxygen atoms in total. The van der Waals surface area contributed by atoms with Gasteiger partial charge in [0.2, 0.25) is 0 Å². The minimum atomic E-state index is -0.740. The average molecular weight is 406 g/mol. The Labute approximate surface area is 146 Å². The first-order valence-electron chi connectivity index (χ1n) is 6.99. The van der Waals surface area contributed by atoms with Crippen LogP contribution < -0.4 is 10.1 Å². The first-order valence-corrected chi connectivity index (χ1v) is 7.78. The Bertz CT molecular complexity index is 595. The molecule has 0 fully saturated rings. The lowest BCUT2D eigenvalue weighted by molar-refractivity contribution is -0.150. The van der Waals surface area contributed by atoms with Gasteiger partial charge in [-0.05, 0) is 40.5 Å². The van der Waals surface area contributed by atoms with Gasteiger partial charge in [-0.3, -0.25) is 9.59 Å². The van der Waals surface area contributed by atoms with Crippen LogP contribution in [0.1, 0.15) is 12.8 Å². The molecule has 0 atom stereocenters. The SMILES string of the molecule is COC(=O)CCCNC(=O)COC(=O)COc1ccc(F)cc1Br. The summed E-state index contributed by atoms with van der Waals surface area (Å²) in [6.45, 7) is -0.602. The molecule has 1 aromatic carbocycles. The molecule has 24 heavy (non-hydrogen) atoms. The van der Waals surface area contributed by atoms with Gasteiger partial charge >= 0.3 is 11.9 Å². The van der Waals surface area contributed by atoms with Crippen LogP contribution in [0.3, 0.4) is 0 Å². The number of ether oxygens (including phenoxy) is 3. The number of benzene rings is 1. The van der Waals surface area contributed by atoms with E-state index in [4.69, 9.17) is 9.47 Å². The van der Waals surface area contributed by atoms with Gasteiger partial charge in [-0.1, -0.05) is 0 Å². The summed E-state index contributed by atoms with van der Waals surface area (Å²) in [7, 11) is 1.28. The number of rotatable bonds is 9. The number of carbonyl (C=O) groups is 3. The summed E-state index contributed by atoms with van der Waals surface area (Å²) < 4.78 is 27.6. The maximum absolute atomic E-state index is 12.9. The molecule has 0 aliphatic heterocycles. The van der Waals surface area contributed by atoms with Crippen LogP contribution in [-0.2, 0) is 23.9 Å². The standard InChI is InChI=1S/C15H17BrFNO6/c1-22-14(20)3-2-6-18-13(19)8-24-15(21)9-23-12-5-4-10(17)7-11(12)16/h4-5,7H,2-3,6,8-9H2,1H3,(H,18,19). The first-order chi connectivity index (χ1) is 11.4. The Morgan fingerprint density at radius 2 is 1.96 bits per heavy atom. The lowest BCUT2D eigenvalue weighted by Crippen LogP contribution is -2.30. The largest absolute Gasteiger partial charge is 0.481 e. The van der Waals surface area contributed by atoms with Gasteiger partial charge in [0.15, 0.2) is 13.2 Å². The normalized spacial score (nSPS) is 9.96. The van der Waals surface area contributed by atoms with Crippen molar-refractivity contribution in [3.63, 3.8) is 0 Å². The van der Waals surface area contributed by atoms with Crippen LogP contribution in [0, 0.1) is 5.82 Å². The van der Waals surface area contributed by atoms with Crippen molar-refractivity contribution in [1.82, 2.24) is 5.32 Å². The van der Waals surface area contributed by atoms with Gasteiger partial charge in [0.25, 0.3) is 5.91 Å². The highest BCUT2D eigenvalue weighted by Gasteiger charge is 2.10. The van der Waals surface area contributed by atoms with Crippen molar-refractivity contribution in [3.05, 3.63) is 28.5 Å². The number of methoxy groups -OCH3 is 1. The zero-order valence-electron chi connectivity index (χ0n) is 13.0. The quantitative estimate of drug-likeness (QED) is 0.495. The lowest BCUT2D eigenvalue weighted by atomic mass is 10.3. The van der Waals surface area contributed by atoms with Gasteiger partial charge < -0.3 is 19.5 Å². The van der Waals surface area contributed by atoms with Crippen LogP contribution in [0.4, 0.5) is 4.39 Å². The van der Waals surface area contributed by atoms with Crippen molar-refractivity contribution in [2.75, 3.05) is 26.9 Å². The minimum Gasteiger partial charge on any atom is -0.481 e. The van der Waals surface area contributed by atoms with E-state index in [2.05, 4.69) is 26.0 Å². The third-order valence-electron chi connectivity index (χ3n) is 2.71. The van der Waals surface area contributed by atoms with Crippen molar-refractivity contribution in [2.24, 2.45) is 0 Å². The molecule has 9 heteroatoms. The number of hydrogen-bond acceptors (Lipinski definition) is 6. The molecule has 1 rings (SSSR count). The maximum Gasteiger partial charge on any atom is 0.344 e. The fourth-order valence-corrected chi connectivity index (χ4v) is 2.00. The molecule has 132 valence electrons. The zero-order chi connectivity index (χ0) is 17.9. The van der Waals surface area contributed by atoms with E-state index < -0.39 is 30.9 Å². The Morgan fingerprint density at radius 1 is 1.21 bits per heavy atom. The fraction of sp³-hybridized carbons (Fsp3) is 0.400. The molecule has 0 aliphatic carbocycles. The molecule has 0 aliphatic rings. The highest BCUT2D eigenvalue weighted by Crippen LogP contribution is 2.25. The van der Waals surface area contributed by atoms with E-state index in [9.17, 15) is 18.8 Å². The van der Waals surface area contributed by atoms with Gasteiger partial charge in [-0.25, -0.2) is 9.18 Å². The number of nitrogens with one attached hydrogen (secondary N) is 1. The van der Waals surface area contributed by atoms with Crippen molar-refractivity contribution in [3.8, 4) is 5.75 Å². The fourth-order valence-electron chi connectivity index (χ4n) is 1.53. The number of halogens is 2. The van der Waals surface area contributed by atoms with E-state index in [-0.39, 0.29) is 24.7 Å². The van der Waals surface area contributed by atoms with Crippen molar-refractivity contribution in [1.29, 1.82) is 0 Å². The molecule has 1 aromatic rings. The highest BCUT2D eigenvalue weighted by molar-refractivity contribution is 9.10. The Hall–Kier alpha value is -2.16. The summed E-state index contributed by atoms with van der Waals surface area (Å²) in [5, 5.41) is 2.49. The van der Waals surface area contributed by atoms with Gasteiger partial charge in [0, 0.05) is 13.0 Å². The Morgan fingerprint density at radius 3 is 2.62 bits per heavy atom. The van der Waals surface area contributed by atoms with E-state index in [0.29, 0.717) is 10.9 Å². The molecule has 0 heterocycles. The molecule has 0 spiro atoms. The third-order valence-corrected chi connectivity index (χ3v) is 3.33. The monoisotopic (exact) mass is 405 g/mol. The summed E-state index contributed by atoms with van der Waals surface area (Å²) in [6, 6.07) is 3.75. The number of hydrogen-bond donors (Lipinski definition) is 1. The van der Waals surface area contributed by atoms with Crippen LogP contribution in [0.15, 0.2) is 22.7 Å². The highest BCUT2D eigenvalue weighted by atomic mass is 79.9. The summed E-state index contributed by atoms with van der Waals surface area (Å²) in [5.74, 6) is -1.76. The zero-order valence-corrected chi connectivity index (χ0v) is 14.6. The van der Waals surface area contributed by atoms with Crippen LogP contribution in [0.25, 0.3) is 0 Å². The molecule has 0 aromatic heterocycles. The maximum atomic E-state index is 12.9. The molecular weight excluding hydrogens is 389 g/mol. The average Bonchev–Trinajstić information content (AvgIpc) is 2.55. The van der Waals surface area contributed by atoms with Gasteiger partial charge in [-0.15, -0.1) is 0 Å². The second kappa shape index (κ2) is 10.6. The summed E-state index contributed by atoms with van der Waals surface area (Å²) in [6.07, 6.45) is 0.616. The summed E-state index contributed by atoms with van der Waals surface area (Å²) in [4.78, 5) is 33.8. The smallest absolute Gasteiger partial charge is 0.344 e. The topological polar surface area (TPSA) is 90.9 Å². The van der Waals surface area contributed by atoms with Crippen LogP contribution >= 0.6 is 15.9 Å². The molecule has 0 unspecified atom stereocenters. The number of esters is 2. The summed E-state index contributed by atoms with van der Waals surface area (Å²) >= 11 is 3.10. The van der Waals surface area contributed by atoms with Gasteiger partial charge in [0.1, 0.15) is 11.6 Å². The van der Waals surface area contributed by atoms with Crippen molar-refractivity contribution < 1.29 is 33.0 Å². The molecule has 1 N–H and O–H groups in total. The summed E-state index contributed by atoms with van der Waals surface area (Å²) in [5.41, 5.74) is 0. The Balaban J connectivity index is 2.19. The van der Waals surface area contributed by atoms with E-state index in [0.717, 1.165) is 0 Å². The lowest BCUT2D eigenvalue weighted by Gasteiger charge is -2.09.